The first-order valence-electron chi connectivity index (χ1n) is 9.13. The van der Waals surface area contributed by atoms with Crippen LogP contribution in [0.4, 0.5) is 5.69 Å². The Hall–Kier alpha value is -1.76. The van der Waals surface area contributed by atoms with Crippen molar-refractivity contribution in [3.8, 4) is 0 Å². The minimum atomic E-state index is -3.86. The molecule has 1 aliphatic heterocycles. The van der Waals surface area contributed by atoms with Crippen LogP contribution in [-0.4, -0.2) is 25.8 Å². The van der Waals surface area contributed by atoms with Gasteiger partial charge >= 0.3 is 0 Å². The van der Waals surface area contributed by atoms with Gasteiger partial charge in [0, 0.05) is 29.7 Å². The highest BCUT2D eigenvalue weighted by Crippen LogP contribution is 2.34. The maximum atomic E-state index is 12.8. The standard InChI is InChI=1S/C20H20Cl2N2O3S/c1-12-8-19(18(22)10-17(12)21)28(26,27)23-16-5-4-13-6-7-24(11-15(13)9-16)20(25)14-2-3-14/h4-5,8-10,14,23H,2-3,6-7,11H2,1H3. The molecule has 1 fully saturated rings. The molecule has 1 aliphatic carbocycles. The van der Waals surface area contributed by atoms with E-state index in [4.69, 9.17) is 23.2 Å². The molecule has 2 aliphatic rings. The molecule has 1 saturated carbocycles. The number of anilines is 1. The molecule has 5 nitrogen and oxygen atoms in total. The van der Waals surface area contributed by atoms with E-state index in [1.165, 1.54) is 12.1 Å². The number of carbonyl (C=O) groups is 1. The normalized spacial score (nSPS) is 16.6. The first-order valence-corrected chi connectivity index (χ1v) is 11.4. The highest BCUT2D eigenvalue weighted by atomic mass is 35.5. The van der Waals surface area contributed by atoms with Gasteiger partial charge in [0.15, 0.2) is 0 Å². The van der Waals surface area contributed by atoms with E-state index >= 15 is 0 Å². The smallest absolute Gasteiger partial charge is 0.263 e. The third kappa shape index (κ3) is 3.86. The fourth-order valence-electron chi connectivity index (χ4n) is 3.44. The number of fused-ring (bicyclic) bond motifs is 1. The largest absolute Gasteiger partial charge is 0.338 e. The van der Waals surface area contributed by atoms with Crippen molar-refractivity contribution in [1.82, 2.24) is 4.90 Å². The van der Waals surface area contributed by atoms with Crippen LogP contribution >= 0.6 is 23.2 Å². The second-order valence-electron chi connectivity index (χ2n) is 7.40. The summed E-state index contributed by atoms with van der Waals surface area (Å²) in [6.45, 7) is 2.95. The molecule has 8 heteroatoms. The molecule has 0 bridgehead atoms. The van der Waals surface area contributed by atoms with Gasteiger partial charge in [-0.2, -0.15) is 0 Å². The zero-order valence-electron chi connectivity index (χ0n) is 15.3. The lowest BCUT2D eigenvalue weighted by atomic mass is 9.99. The quantitative estimate of drug-likeness (QED) is 0.768. The number of carbonyl (C=O) groups excluding carboxylic acids is 1. The molecule has 0 spiro atoms. The molecule has 0 atom stereocenters. The monoisotopic (exact) mass is 438 g/mol. The molecule has 1 N–H and O–H groups in total. The van der Waals surface area contributed by atoms with Crippen molar-refractivity contribution >= 4 is 44.8 Å². The lowest BCUT2D eigenvalue weighted by Crippen LogP contribution is -2.36. The third-order valence-corrected chi connectivity index (χ3v) is 7.46. The number of rotatable bonds is 4. The summed E-state index contributed by atoms with van der Waals surface area (Å²) < 4.78 is 28.2. The van der Waals surface area contributed by atoms with Crippen LogP contribution in [0.1, 0.15) is 29.5 Å². The van der Waals surface area contributed by atoms with Crippen LogP contribution in [-0.2, 0) is 27.8 Å². The van der Waals surface area contributed by atoms with E-state index in [-0.39, 0.29) is 21.7 Å². The number of sulfonamides is 1. The average molecular weight is 439 g/mol. The van der Waals surface area contributed by atoms with Crippen molar-refractivity contribution < 1.29 is 13.2 Å². The lowest BCUT2D eigenvalue weighted by molar-refractivity contribution is -0.133. The van der Waals surface area contributed by atoms with Crippen molar-refractivity contribution in [2.75, 3.05) is 11.3 Å². The second-order valence-corrected chi connectivity index (χ2v) is 9.87. The average Bonchev–Trinajstić information content (AvgIpc) is 3.48. The third-order valence-electron chi connectivity index (χ3n) is 5.21. The van der Waals surface area contributed by atoms with Gasteiger partial charge in [-0.3, -0.25) is 9.52 Å². The number of hydrogen-bond acceptors (Lipinski definition) is 3. The van der Waals surface area contributed by atoms with Crippen LogP contribution in [0.3, 0.4) is 0 Å². The lowest BCUT2D eigenvalue weighted by Gasteiger charge is -2.29. The number of aryl methyl sites for hydroxylation is 1. The number of nitrogens with one attached hydrogen (secondary N) is 1. The van der Waals surface area contributed by atoms with Gasteiger partial charge in [-0.15, -0.1) is 0 Å². The van der Waals surface area contributed by atoms with Crippen LogP contribution in [0.5, 0.6) is 0 Å². The number of benzene rings is 2. The first kappa shape index (κ1) is 19.6. The van der Waals surface area contributed by atoms with E-state index in [9.17, 15) is 13.2 Å². The van der Waals surface area contributed by atoms with Crippen LogP contribution in [0, 0.1) is 12.8 Å². The Morgan fingerprint density at radius 1 is 1.11 bits per heavy atom. The molecule has 0 saturated heterocycles. The van der Waals surface area contributed by atoms with Crippen molar-refractivity contribution in [2.24, 2.45) is 5.92 Å². The molecule has 0 unspecified atom stereocenters. The van der Waals surface area contributed by atoms with Gasteiger partial charge in [0.1, 0.15) is 4.90 Å². The number of nitrogens with zero attached hydrogens (tertiary/aromatic N) is 1. The number of halogens is 2. The Labute approximate surface area is 174 Å². The van der Waals surface area contributed by atoms with Gasteiger partial charge < -0.3 is 4.90 Å². The summed E-state index contributed by atoms with van der Waals surface area (Å²) in [6.07, 6.45) is 2.73. The maximum absolute atomic E-state index is 12.8. The molecule has 4 rings (SSSR count). The first-order chi connectivity index (χ1) is 13.2. The second kappa shape index (κ2) is 7.25. The fraction of sp³-hybridized carbons (Fsp3) is 0.350. The van der Waals surface area contributed by atoms with E-state index in [1.54, 1.807) is 19.1 Å². The summed E-state index contributed by atoms with van der Waals surface area (Å²) in [5.41, 5.74) is 3.19. The molecule has 2 aromatic rings. The summed E-state index contributed by atoms with van der Waals surface area (Å²) in [7, 11) is -3.86. The Morgan fingerprint density at radius 3 is 2.57 bits per heavy atom. The van der Waals surface area contributed by atoms with Gasteiger partial charge in [0.2, 0.25) is 5.91 Å². The highest BCUT2D eigenvalue weighted by molar-refractivity contribution is 7.92. The molecule has 2 aromatic carbocycles. The summed E-state index contributed by atoms with van der Waals surface area (Å²) in [6, 6.07) is 8.35. The summed E-state index contributed by atoms with van der Waals surface area (Å²) >= 11 is 12.1. The molecular formula is C20H20Cl2N2O3S. The van der Waals surface area contributed by atoms with E-state index in [0.29, 0.717) is 29.4 Å². The zero-order chi connectivity index (χ0) is 20.1. The van der Waals surface area contributed by atoms with Crippen molar-refractivity contribution in [2.45, 2.75) is 37.6 Å². The number of amides is 1. The van der Waals surface area contributed by atoms with Crippen molar-refractivity contribution in [3.63, 3.8) is 0 Å². The summed E-state index contributed by atoms with van der Waals surface area (Å²) in [5, 5.41) is 0.486. The summed E-state index contributed by atoms with van der Waals surface area (Å²) in [4.78, 5) is 14.2. The van der Waals surface area contributed by atoms with Crippen LogP contribution in [0.15, 0.2) is 35.2 Å². The summed E-state index contributed by atoms with van der Waals surface area (Å²) in [5.74, 6) is 0.388. The van der Waals surface area contributed by atoms with Gasteiger partial charge in [0.25, 0.3) is 10.0 Å². The van der Waals surface area contributed by atoms with Gasteiger partial charge in [-0.1, -0.05) is 29.3 Å². The molecule has 1 amide bonds. The molecule has 28 heavy (non-hydrogen) atoms. The molecule has 0 radical (unpaired) electrons. The Morgan fingerprint density at radius 2 is 1.86 bits per heavy atom. The fourth-order valence-corrected chi connectivity index (χ4v) is 5.33. The van der Waals surface area contributed by atoms with Gasteiger partial charge in [0.05, 0.1) is 5.02 Å². The minimum absolute atomic E-state index is 0.0145. The molecule has 1 heterocycles. The molecule has 148 valence electrons. The van der Waals surface area contributed by atoms with E-state index in [0.717, 1.165) is 30.4 Å². The Balaban J connectivity index is 1.58. The topological polar surface area (TPSA) is 66.5 Å². The van der Waals surface area contributed by atoms with E-state index in [1.807, 2.05) is 11.0 Å². The highest BCUT2D eigenvalue weighted by Gasteiger charge is 2.34. The zero-order valence-corrected chi connectivity index (χ0v) is 17.7. The predicted octanol–water partition coefficient (Wildman–Crippen LogP) is 4.40. The molecule has 0 aromatic heterocycles. The van der Waals surface area contributed by atoms with E-state index < -0.39 is 10.0 Å². The Kier molecular flexibility index (Phi) is 5.06. The van der Waals surface area contributed by atoms with Crippen molar-refractivity contribution in [3.05, 3.63) is 57.1 Å². The van der Waals surface area contributed by atoms with Gasteiger partial charge in [-0.25, -0.2) is 8.42 Å². The molecular weight excluding hydrogens is 419 g/mol. The van der Waals surface area contributed by atoms with Crippen molar-refractivity contribution in [1.29, 1.82) is 0 Å². The minimum Gasteiger partial charge on any atom is -0.338 e. The van der Waals surface area contributed by atoms with E-state index in [2.05, 4.69) is 4.72 Å². The van der Waals surface area contributed by atoms with Crippen LogP contribution < -0.4 is 4.72 Å². The SMILES string of the molecule is Cc1cc(S(=O)(=O)Nc2ccc3c(c2)CN(C(=O)C2CC2)CC3)c(Cl)cc1Cl. The Bertz CT molecular complexity index is 1070. The van der Waals surface area contributed by atoms with Crippen LogP contribution in [0.2, 0.25) is 10.0 Å². The number of hydrogen-bond donors (Lipinski definition) is 1. The van der Waals surface area contributed by atoms with Crippen LogP contribution in [0.25, 0.3) is 0 Å². The van der Waals surface area contributed by atoms with Gasteiger partial charge in [-0.05, 0) is 67.1 Å². The maximum Gasteiger partial charge on any atom is 0.263 e. The predicted molar refractivity (Wildman–Crippen MR) is 110 cm³/mol.